The van der Waals surface area contributed by atoms with E-state index in [1.54, 1.807) is 36.2 Å². The number of rotatable bonds is 7. The van der Waals surface area contributed by atoms with Gasteiger partial charge >= 0.3 is 5.76 Å². The van der Waals surface area contributed by atoms with Crippen molar-refractivity contribution < 1.29 is 14.1 Å². The molecule has 0 bridgehead atoms. The van der Waals surface area contributed by atoms with E-state index in [-0.39, 0.29) is 30.1 Å². The van der Waals surface area contributed by atoms with Gasteiger partial charge in [-0.2, -0.15) is 5.26 Å². The Balaban J connectivity index is 1.59. The van der Waals surface area contributed by atoms with Gasteiger partial charge in [0.2, 0.25) is 5.91 Å². The number of benzene rings is 2. The van der Waals surface area contributed by atoms with E-state index in [9.17, 15) is 19.7 Å². The highest BCUT2D eigenvalue weighted by molar-refractivity contribution is 5.76. The Bertz CT molecular complexity index is 1150. The maximum absolute atomic E-state index is 12.4. The second kappa shape index (κ2) is 8.39. The van der Waals surface area contributed by atoms with Crippen LogP contribution in [0.3, 0.4) is 0 Å². The quantitative estimate of drug-likeness (QED) is 0.448. The van der Waals surface area contributed by atoms with Crippen LogP contribution in [-0.4, -0.2) is 27.3 Å². The summed E-state index contributed by atoms with van der Waals surface area (Å²) in [6, 6.07) is 13.1. The third-order valence-corrected chi connectivity index (χ3v) is 4.56. The average molecular weight is 394 g/mol. The van der Waals surface area contributed by atoms with Crippen LogP contribution in [-0.2, 0) is 17.9 Å². The number of carbonyl (C=O) groups excluding carboxylic acids is 1. The number of nitro benzene ring substituents is 1. The monoisotopic (exact) mass is 394 g/mol. The molecular weight excluding hydrogens is 376 g/mol. The molecule has 0 radical (unpaired) electrons. The van der Waals surface area contributed by atoms with Crippen molar-refractivity contribution in [2.24, 2.45) is 0 Å². The molecule has 2 aromatic carbocycles. The second-order valence-electron chi connectivity index (χ2n) is 6.59. The summed E-state index contributed by atoms with van der Waals surface area (Å²) in [5.41, 5.74) is 1.93. The fourth-order valence-corrected chi connectivity index (χ4v) is 3.01. The average Bonchev–Trinajstić information content (AvgIpc) is 3.02. The summed E-state index contributed by atoms with van der Waals surface area (Å²) in [5.74, 6) is -0.690. The van der Waals surface area contributed by atoms with Crippen molar-refractivity contribution in [2.45, 2.75) is 25.9 Å². The molecular formula is C20H18N4O5. The number of amides is 1. The van der Waals surface area contributed by atoms with Gasteiger partial charge in [0, 0.05) is 32.6 Å². The molecule has 0 N–H and O–H groups in total. The molecule has 9 heteroatoms. The molecule has 148 valence electrons. The molecule has 0 atom stereocenters. The largest absolute Gasteiger partial charge is 0.419 e. The molecule has 29 heavy (non-hydrogen) atoms. The maximum Gasteiger partial charge on any atom is 0.419 e. The Hall–Kier alpha value is -3.93. The lowest BCUT2D eigenvalue weighted by Gasteiger charge is -2.17. The van der Waals surface area contributed by atoms with Gasteiger partial charge in [0.15, 0.2) is 5.58 Å². The van der Waals surface area contributed by atoms with Crippen LogP contribution in [0.2, 0.25) is 0 Å². The van der Waals surface area contributed by atoms with Gasteiger partial charge in [-0.15, -0.1) is 0 Å². The SMILES string of the molecule is CN(Cc1ccc(C#N)cc1)C(=O)CCCn1c(=O)oc2cc([N+](=O)[O-])ccc21. The van der Waals surface area contributed by atoms with Crippen LogP contribution in [0.4, 0.5) is 5.69 Å². The third-order valence-electron chi connectivity index (χ3n) is 4.56. The van der Waals surface area contributed by atoms with Gasteiger partial charge in [-0.1, -0.05) is 12.1 Å². The predicted molar refractivity (Wildman–Crippen MR) is 104 cm³/mol. The molecule has 0 saturated heterocycles. The first-order valence-electron chi connectivity index (χ1n) is 8.90. The summed E-state index contributed by atoms with van der Waals surface area (Å²) in [5, 5.41) is 19.7. The summed E-state index contributed by atoms with van der Waals surface area (Å²) >= 11 is 0. The maximum atomic E-state index is 12.4. The number of oxazole rings is 1. The lowest BCUT2D eigenvalue weighted by molar-refractivity contribution is -0.384. The van der Waals surface area contributed by atoms with Crippen LogP contribution in [0.5, 0.6) is 0 Å². The number of hydrogen-bond donors (Lipinski definition) is 0. The predicted octanol–water partition coefficient (Wildman–Crippen LogP) is 2.81. The topological polar surface area (TPSA) is 122 Å². The summed E-state index contributed by atoms with van der Waals surface area (Å²) in [4.78, 5) is 36.2. The molecule has 0 unspecified atom stereocenters. The summed E-state index contributed by atoms with van der Waals surface area (Å²) in [7, 11) is 1.69. The minimum absolute atomic E-state index is 0.0779. The number of non-ortho nitro benzene ring substituents is 1. The second-order valence-corrected chi connectivity index (χ2v) is 6.59. The lowest BCUT2D eigenvalue weighted by Crippen LogP contribution is -2.26. The summed E-state index contributed by atoms with van der Waals surface area (Å²) in [6.45, 7) is 0.683. The highest BCUT2D eigenvalue weighted by Gasteiger charge is 2.15. The number of hydrogen-bond acceptors (Lipinski definition) is 6. The molecule has 0 fully saturated rings. The molecule has 0 aliphatic carbocycles. The van der Waals surface area contributed by atoms with Crippen molar-refractivity contribution in [1.82, 2.24) is 9.47 Å². The van der Waals surface area contributed by atoms with Gasteiger partial charge in [-0.25, -0.2) is 4.79 Å². The molecule has 9 nitrogen and oxygen atoms in total. The number of nitro groups is 1. The fourth-order valence-electron chi connectivity index (χ4n) is 3.01. The van der Waals surface area contributed by atoms with Crippen LogP contribution in [0.15, 0.2) is 51.7 Å². The molecule has 1 aromatic heterocycles. The minimum Gasteiger partial charge on any atom is -0.407 e. The molecule has 3 rings (SSSR count). The molecule has 1 heterocycles. The third kappa shape index (κ3) is 4.50. The standard InChI is InChI=1S/C20H18N4O5/c1-22(13-15-6-4-14(12-21)5-7-15)19(25)3-2-10-23-17-9-8-16(24(27)28)11-18(17)29-20(23)26/h4-9,11H,2-3,10,13H2,1H3. The number of carbonyl (C=O) groups is 1. The number of nitrogens with zero attached hydrogens (tertiary/aromatic N) is 4. The molecule has 0 aliphatic rings. The summed E-state index contributed by atoms with van der Waals surface area (Å²) in [6.07, 6.45) is 0.654. The van der Waals surface area contributed by atoms with Gasteiger partial charge in [-0.05, 0) is 30.2 Å². The Kier molecular flexibility index (Phi) is 5.74. The normalized spacial score (nSPS) is 10.6. The first-order chi connectivity index (χ1) is 13.9. The lowest BCUT2D eigenvalue weighted by atomic mass is 10.1. The zero-order valence-electron chi connectivity index (χ0n) is 15.7. The van der Waals surface area contributed by atoms with Crippen molar-refractivity contribution in [3.63, 3.8) is 0 Å². The van der Waals surface area contributed by atoms with Gasteiger partial charge in [0.05, 0.1) is 28.1 Å². The number of aryl methyl sites for hydroxylation is 1. The highest BCUT2D eigenvalue weighted by atomic mass is 16.6. The Morgan fingerprint density at radius 1 is 1.28 bits per heavy atom. The number of aromatic nitrogens is 1. The molecule has 3 aromatic rings. The minimum atomic E-state index is -0.612. The van der Waals surface area contributed by atoms with Gasteiger partial charge < -0.3 is 9.32 Å². The summed E-state index contributed by atoms with van der Waals surface area (Å²) < 4.78 is 6.45. The first kappa shape index (κ1) is 19.8. The van der Waals surface area contributed by atoms with E-state index in [2.05, 4.69) is 0 Å². The zero-order chi connectivity index (χ0) is 21.0. The Labute approximate surface area is 165 Å². The van der Waals surface area contributed by atoms with E-state index in [4.69, 9.17) is 9.68 Å². The van der Waals surface area contributed by atoms with Crippen molar-refractivity contribution in [2.75, 3.05) is 7.05 Å². The first-order valence-corrected chi connectivity index (χ1v) is 8.90. The smallest absolute Gasteiger partial charge is 0.407 e. The van der Waals surface area contributed by atoms with E-state index >= 15 is 0 Å². The van der Waals surface area contributed by atoms with Crippen LogP contribution in [0.25, 0.3) is 11.1 Å². The van der Waals surface area contributed by atoms with Gasteiger partial charge in [-0.3, -0.25) is 19.5 Å². The Morgan fingerprint density at radius 3 is 2.66 bits per heavy atom. The molecule has 0 spiro atoms. The molecule has 0 saturated carbocycles. The van der Waals surface area contributed by atoms with Crippen LogP contribution in [0, 0.1) is 21.4 Å². The van der Waals surface area contributed by atoms with Crippen LogP contribution >= 0.6 is 0 Å². The van der Waals surface area contributed by atoms with Gasteiger partial charge in [0.1, 0.15) is 0 Å². The zero-order valence-corrected chi connectivity index (χ0v) is 15.7. The van der Waals surface area contributed by atoms with Crippen molar-refractivity contribution in [3.05, 3.63) is 74.3 Å². The van der Waals surface area contributed by atoms with Crippen molar-refractivity contribution >= 4 is 22.7 Å². The molecule has 1 amide bonds. The van der Waals surface area contributed by atoms with Gasteiger partial charge in [0.25, 0.3) is 5.69 Å². The van der Waals surface area contributed by atoms with E-state index in [0.29, 0.717) is 24.0 Å². The Morgan fingerprint density at radius 2 is 2.00 bits per heavy atom. The van der Waals surface area contributed by atoms with E-state index in [0.717, 1.165) is 5.56 Å². The van der Waals surface area contributed by atoms with Crippen molar-refractivity contribution in [3.8, 4) is 6.07 Å². The number of nitriles is 1. The van der Waals surface area contributed by atoms with Crippen molar-refractivity contribution in [1.29, 1.82) is 5.26 Å². The fraction of sp³-hybridized carbons (Fsp3) is 0.250. The van der Waals surface area contributed by atoms with Crippen LogP contribution < -0.4 is 5.76 Å². The van der Waals surface area contributed by atoms with E-state index < -0.39 is 10.7 Å². The number of fused-ring (bicyclic) bond motifs is 1. The van der Waals surface area contributed by atoms with E-state index in [1.165, 1.54) is 22.8 Å². The molecule has 0 aliphatic heterocycles. The van der Waals surface area contributed by atoms with Crippen LogP contribution in [0.1, 0.15) is 24.0 Å². The highest BCUT2D eigenvalue weighted by Crippen LogP contribution is 2.20. The van der Waals surface area contributed by atoms with E-state index in [1.807, 2.05) is 6.07 Å².